The molecule has 0 radical (unpaired) electrons. The van der Waals surface area contributed by atoms with E-state index in [9.17, 15) is 14.4 Å². The fourth-order valence-electron chi connectivity index (χ4n) is 1.27. The molecule has 1 unspecified atom stereocenters. The quantitative estimate of drug-likeness (QED) is 0.648. The largest absolute Gasteiger partial charge is 0.480 e. The van der Waals surface area contributed by atoms with Gasteiger partial charge in [-0.2, -0.15) is 0 Å². The monoisotopic (exact) mass is 260 g/mol. The van der Waals surface area contributed by atoms with Crippen molar-refractivity contribution in [1.29, 1.82) is 0 Å². The highest BCUT2D eigenvalue weighted by molar-refractivity contribution is 5.80. The highest BCUT2D eigenvalue weighted by atomic mass is 16.5. The van der Waals surface area contributed by atoms with Crippen LogP contribution in [0.2, 0.25) is 0 Å². The van der Waals surface area contributed by atoms with Crippen LogP contribution in [0.4, 0.5) is 4.79 Å². The fourth-order valence-corrected chi connectivity index (χ4v) is 1.27. The molecule has 7 nitrogen and oxygen atoms in total. The molecule has 7 heteroatoms. The first-order valence-electron chi connectivity index (χ1n) is 5.75. The molecule has 0 fully saturated rings. The molecule has 0 aliphatic carbocycles. The zero-order valence-electron chi connectivity index (χ0n) is 10.9. The summed E-state index contributed by atoms with van der Waals surface area (Å²) in [5, 5.41) is 11.2. The molecular formula is C11H20N2O5. The molecule has 2 N–H and O–H groups in total. The number of nitrogens with one attached hydrogen (secondary N) is 1. The first-order chi connectivity index (χ1) is 8.42. The molecule has 0 aliphatic heterocycles. The van der Waals surface area contributed by atoms with Gasteiger partial charge < -0.3 is 20.1 Å². The van der Waals surface area contributed by atoms with E-state index in [0.717, 1.165) is 0 Å². The Kier molecular flexibility index (Phi) is 7.50. The number of carboxylic acids is 1. The maximum absolute atomic E-state index is 11.7. The predicted octanol–water partition coefficient (Wildman–Crippen LogP) is 0.444. The van der Waals surface area contributed by atoms with Crippen LogP contribution in [0, 0.1) is 0 Å². The number of methoxy groups -OCH3 is 1. The number of urea groups is 1. The predicted molar refractivity (Wildman–Crippen MR) is 64.1 cm³/mol. The van der Waals surface area contributed by atoms with Crippen LogP contribution in [-0.2, 0) is 14.3 Å². The van der Waals surface area contributed by atoms with E-state index in [2.05, 4.69) is 10.1 Å². The summed E-state index contributed by atoms with van der Waals surface area (Å²) < 4.78 is 4.43. The van der Waals surface area contributed by atoms with E-state index < -0.39 is 18.0 Å². The third-order valence-corrected chi connectivity index (χ3v) is 2.52. The minimum Gasteiger partial charge on any atom is -0.480 e. The molecule has 0 rings (SSSR count). The second-order valence-electron chi connectivity index (χ2n) is 3.84. The number of carbonyl (C=O) groups excluding carboxylic acids is 2. The van der Waals surface area contributed by atoms with Crippen LogP contribution in [0.1, 0.15) is 26.7 Å². The van der Waals surface area contributed by atoms with Gasteiger partial charge in [0.05, 0.1) is 13.5 Å². The molecule has 2 amide bonds. The summed E-state index contributed by atoms with van der Waals surface area (Å²) in [6.07, 6.45) is 0.710. The molecule has 0 spiro atoms. The lowest BCUT2D eigenvalue weighted by atomic mass is 10.2. The summed E-state index contributed by atoms with van der Waals surface area (Å²) in [5.41, 5.74) is 0. The van der Waals surface area contributed by atoms with Crippen molar-refractivity contribution in [1.82, 2.24) is 10.2 Å². The standard InChI is InChI=1S/C11H20N2O5/c1-4-8(2)13(7-9(14)15)11(17)12-6-5-10(16)18-3/h8H,4-7H2,1-3H3,(H,12,17)(H,14,15). The Labute approximate surface area is 106 Å². The number of aliphatic carboxylic acids is 1. The van der Waals surface area contributed by atoms with Crippen LogP contribution >= 0.6 is 0 Å². The van der Waals surface area contributed by atoms with Gasteiger partial charge in [0.25, 0.3) is 0 Å². The number of esters is 1. The van der Waals surface area contributed by atoms with Crippen molar-refractivity contribution in [3.63, 3.8) is 0 Å². The lowest BCUT2D eigenvalue weighted by Crippen LogP contribution is -2.47. The maximum Gasteiger partial charge on any atom is 0.323 e. The maximum atomic E-state index is 11.7. The normalized spacial score (nSPS) is 11.5. The summed E-state index contributed by atoms with van der Waals surface area (Å²) in [4.78, 5) is 34.5. The highest BCUT2D eigenvalue weighted by Gasteiger charge is 2.21. The number of carboxylic acid groups (broad SMARTS) is 1. The number of rotatable bonds is 7. The van der Waals surface area contributed by atoms with E-state index >= 15 is 0 Å². The van der Waals surface area contributed by atoms with Gasteiger partial charge in [-0.05, 0) is 13.3 Å². The van der Waals surface area contributed by atoms with Crippen LogP contribution in [0.25, 0.3) is 0 Å². The Morgan fingerprint density at radius 3 is 2.44 bits per heavy atom. The van der Waals surface area contributed by atoms with Gasteiger partial charge in [-0.25, -0.2) is 4.79 Å². The molecular weight excluding hydrogens is 240 g/mol. The molecule has 18 heavy (non-hydrogen) atoms. The van der Waals surface area contributed by atoms with Crippen LogP contribution in [0.15, 0.2) is 0 Å². The molecule has 0 saturated heterocycles. The Hall–Kier alpha value is -1.79. The second-order valence-corrected chi connectivity index (χ2v) is 3.84. The number of hydrogen-bond donors (Lipinski definition) is 2. The molecule has 0 bridgehead atoms. The first-order valence-corrected chi connectivity index (χ1v) is 5.75. The number of carbonyl (C=O) groups is 3. The average molecular weight is 260 g/mol. The number of ether oxygens (including phenoxy) is 1. The van der Waals surface area contributed by atoms with E-state index in [1.165, 1.54) is 12.0 Å². The van der Waals surface area contributed by atoms with Crippen molar-refractivity contribution in [3.8, 4) is 0 Å². The van der Waals surface area contributed by atoms with Crippen molar-refractivity contribution < 1.29 is 24.2 Å². The lowest BCUT2D eigenvalue weighted by Gasteiger charge is -2.26. The molecule has 0 heterocycles. The summed E-state index contributed by atoms with van der Waals surface area (Å²) in [5.74, 6) is -1.50. The topological polar surface area (TPSA) is 95.9 Å². The molecule has 0 aromatic rings. The van der Waals surface area contributed by atoms with Crippen LogP contribution < -0.4 is 5.32 Å². The van der Waals surface area contributed by atoms with Crippen LogP contribution in [0.5, 0.6) is 0 Å². The van der Waals surface area contributed by atoms with Gasteiger partial charge in [0.15, 0.2) is 0 Å². The Balaban J connectivity index is 4.29. The molecule has 0 aliphatic rings. The number of hydrogen-bond acceptors (Lipinski definition) is 4. The number of amides is 2. The van der Waals surface area contributed by atoms with Gasteiger partial charge in [-0.15, -0.1) is 0 Å². The molecule has 104 valence electrons. The summed E-state index contributed by atoms with van der Waals surface area (Å²) >= 11 is 0. The first kappa shape index (κ1) is 16.2. The zero-order valence-corrected chi connectivity index (χ0v) is 10.9. The summed E-state index contributed by atoms with van der Waals surface area (Å²) in [6, 6.07) is -0.671. The molecule has 0 aromatic carbocycles. The van der Waals surface area contributed by atoms with Gasteiger partial charge in [0, 0.05) is 12.6 Å². The second kappa shape index (κ2) is 8.32. The SMILES string of the molecule is CCC(C)N(CC(=O)O)C(=O)NCCC(=O)OC. The third-order valence-electron chi connectivity index (χ3n) is 2.52. The van der Waals surface area contributed by atoms with E-state index in [4.69, 9.17) is 5.11 Å². The minimum atomic E-state index is -1.07. The Morgan fingerprint density at radius 2 is 2.00 bits per heavy atom. The van der Waals surface area contributed by atoms with Gasteiger partial charge in [-0.3, -0.25) is 9.59 Å². The fraction of sp³-hybridized carbons (Fsp3) is 0.727. The number of nitrogens with zero attached hydrogens (tertiary/aromatic N) is 1. The van der Waals surface area contributed by atoms with Crippen LogP contribution in [0.3, 0.4) is 0 Å². The lowest BCUT2D eigenvalue weighted by molar-refractivity contribution is -0.140. The van der Waals surface area contributed by atoms with E-state index in [1.807, 2.05) is 6.92 Å². The molecule has 1 atom stereocenters. The van der Waals surface area contributed by atoms with Gasteiger partial charge >= 0.3 is 18.0 Å². The van der Waals surface area contributed by atoms with Crippen LogP contribution in [-0.4, -0.2) is 54.2 Å². The van der Waals surface area contributed by atoms with E-state index in [0.29, 0.717) is 6.42 Å². The third kappa shape index (κ3) is 6.07. The van der Waals surface area contributed by atoms with E-state index in [-0.39, 0.29) is 25.6 Å². The van der Waals surface area contributed by atoms with Gasteiger partial charge in [-0.1, -0.05) is 6.92 Å². The minimum absolute atomic E-state index is 0.0592. The Morgan fingerprint density at radius 1 is 1.39 bits per heavy atom. The summed E-state index contributed by atoms with van der Waals surface area (Å²) in [7, 11) is 1.26. The Bertz CT molecular complexity index is 306. The average Bonchev–Trinajstić information content (AvgIpc) is 2.34. The van der Waals surface area contributed by atoms with Gasteiger partial charge in [0.2, 0.25) is 0 Å². The van der Waals surface area contributed by atoms with E-state index in [1.54, 1.807) is 6.92 Å². The van der Waals surface area contributed by atoms with Crippen molar-refractivity contribution in [2.45, 2.75) is 32.7 Å². The van der Waals surface area contributed by atoms with Gasteiger partial charge in [0.1, 0.15) is 6.54 Å². The van der Waals surface area contributed by atoms with Crippen molar-refractivity contribution in [3.05, 3.63) is 0 Å². The van der Waals surface area contributed by atoms with Crippen molar-refractivity contribution in [2.75, 3.05) is 20.2 Å². The zero-order chi connectivity index (χ0) is 14.1. The smallest absolute Gasteiger partial charge is 0.323 e. The summed E-state index contributed by atoms with van der Waals surface area (Å²) in [6.45, 7) is 3.39. The highest BCUT2D eigenvalue weighted by Crippen LogP contribution is 2.03. The molecule has 0 saturated carbocycles. The van der Waals surface area contributed by atoms with Crippen molar-refractivity contribution >= 4 is 18.0 Å². The van der Waals surface area contributed by atoms with Crippen molar-refractivity contribution in [2.24, 2.45) is 0 Å². The molecule has 0 aromatic heterocycles.